The van der Waals surface area contributed by atoms with Gasteiger partial charge in [-0.1, -0.05) is 64.5 Å². The van der Waals surface area contributed by atoms with Crippen LogP contribution in [0.2, 0.25) is 10.0 Å². The summed E-state index contributed by atoms with van der Waals surface area (Å²) in [6, 6.07) is 16.2. The summed E-state index contributed by atoms with van der Waals surface area (Å²) in [4.78, 5) is 28.5. The third-order valence-electron chi connectivity index (χ3n) is 6.71. The lowest BCUT2D eigenvalue weighted by Crippen LogP contribution is -2.29. The lowest BCUT2D eigenvalue weighted by Gasteiger charge is -2.23. The lowest BCUT2D eigenvalue weighted by molar-refractivity contribution is -0.132. The molecule has 9 nitrogen and oxygen atoms in total. The SMILES string of the molecule is CCOc1cccc([C@@H]2/C(=C(\O)c3ccc4c(c3)OCCO4)C(=O)C(=O)N2c2nnc(SCc3ccc(Cl)cc3Cl)s2)c1. The number of rotatable bonds is 8. The zero-order valence-corrected chi connectivity index (χ0v) is 25.7. The summed E-state index contributed by atoms with van der Waals surface area (Å²) in [5, 5.41) is 21.3. The van der Waals surface area contributed by atoms with Crippen LogP contribution in [0.5, 0.6) is 17.2 Å². The highest BCUT2D eigenvalue weighted by atomic mass is 35.5. The van der Waals surface area contributed by atoms with E-state index in [0.29, 0.717) is 68.3 Å². The first-order chi connectivity index (χ1) is 20.8. The van der Waals surface area contributed by atoms with E-state index in [4.69, 9.17) is 37.4 Å². The van der Waals surface area contributed by atoms with Crippen LogP contribution < -0.4 is 19.1 Å². The van der Waals surface area contributed by atoms with Crippen LogP contribution in [0.3, 0.4) is 0 Å². The van der Waals surface area contributed by atoms with Crippen LogP contribution in [-0.2, 0) is 15.3 Å². The molecule has 1 atom stereocenters. The maximum atomic E-state index is 13.6. The number of anilines is 1. The zero-order chi connectivity index (χ0) is 30.1. The van der Waals surface area contributed by atoms with Crippen LogP contribution in [0, 0.1) is 0 Å². The number of ketones is 1. The van der Waals surface area contributed by atoms with Gasteiger partial charge in [-0.25, -0.2) is 0 Å². The molecule has 220 valence electrons. The van der Waals surface area contributed by atoms with Crippen LogP contribution in [0.15, 0.2) is 70.6 Å². The number of carbonyl (C=O) groups excluding carboxylic acids is 2. The smallest absolute Gasteiger partial charge is 0.301 e. The average molecular weight is 657 g/mol. The highest BCUT2D eigenvalue weighted by Gasteiger charge is 2.48. The molecule has 0 radical (unpaired) electrons. The van der Waals surface area contributed by atoms with Gasteiger partial charge in [0.15, 0.2) is 15.8 Å². The molecule has 43 heavy (non-hydrogen) atoms. The van der Waals surface area contributed by atoms with E-state index in [-0.39, 0.29) is 16.5 Å². The number of aliphatic hydroxyl groups excluding tert-OH is 1. The fraction of sp³-hybridized carbons (Fsp3) is 0.200. The van der Waals surface area contributed by atoms with Gasteiger partial charge in [0.2, 0.25) is 5.13 Å². The van der Waals surface area contributed by atoms with Gasteiger partial charge in [0, 0.05) is 21.4 Å². The molecular formula is C30H23Cl2N3O6S2. The van der Waals surface area contributed by atoms with E-state index in [1.165, 1.54) is 16.7 Å². The first kappa shape index (κ1) is 29.3. The van der Waals surface area contributed by atoms with E-state index < -0.39 is 17.7 Å². The van der Waals surface area contributed by atoms with Crippen molar-refractivity contribution in [3.05, 3.63) is 93.0 Å². The van der Waals surface area contributed by atoms with Gasteiger partial charge in [-0.2, -0.15) is 0 Å². The van der Waals surface area contributed by atoms with E-state index in [1.807, 2.05) is 13.0 Å². The molecule has 4 aromatic rings. The van der Waals surface area contributed by atoms with Crippen molar-refractivity contribution in [1.29, 1.82) is 0 Å². The Morgan fingerprint density at radius 1 is 1.07 bits per heavy atom. The molecule has 3 aromatic carbocycles. The Kier molecular flexibility index (Phi) is 8.49. The Morgan fingerprint density at radius 3 is 2.67 bits per heavy atom. The molecule has 3 heterocycles. The van der Waals surface area contributed by atoms with Gasteiger partial charge in [0.1, 0.15) is 24.7 Å². The Hall–Kier alpha value is -3.77. The van der Waals surface area contributed by atoms with Crippen molar-refractivity contribution in [2.45, 2.75) is 23.1 Å². The second kappa shape index (κ2) is 12.5. The highest BCUT2D eigenvalue weighted by Crippen LogP contribution is 2.45. The monoisotopic (exact) mass is 655 g/mol. The summed E-state index contributed by atoms with van der Waals surface area (Å²) in [7, 11) is 0. The second-order valence-electron chi connectivity index (χ2n) is 9.41. The molecule has 1 amide bonds. The Labute approximate surface area is 265 Å². The van der Waals surface area contributed by atoms with Crippen LogP contribution in [0.1, 0.15) is 29.7 Å². The van der Waals surface area contributed by atoms with E-state index >= 15 is 0 Å². The van der Waals surface area contributed by atoms with Crippen LogP contribution in [0.4, 0.5) is 5.13 Å². The molecule has 0 spiro atoms. The number of thioether (sulfide) groups is 1. The molecule has 1 aromatic heterocycles. The molecule has 0 bridgehead atoms. The number of nitrogens with zero attached hydrogens (tertiary/aromatic N) is 3. The van der Waals surface area contributed by atoms with E-state index in [2.05, 4.69) is 10.2 Å². The minimum atomic E-state index is -0.995. The summed E-state index contributed by atoms with van der Waals surface area (Å²) >= 11 is 14.9. The van der Waals surface area contributed by atoms with Gasteiger partial charge in [-0.3, -0.25) is 14.5 Å². The maximum absolute atomic E-state index is 13.6. The molecule has 0 unspecified atom stereocenters. The number of amides is 1. The fourth-order valence-corrected chi connectivity index (χ4v) is 7.19. The predicted octanol–water partition coefficient (Wildman–Crippen LogP) is 6.93. The van der Waals surface area contributed by atoms with Crippen molar-refractivity contribution in [1.82, 2.24) is 10.2 Å². The molecule has 13 heteroatoms. The molecule has 6 rings (SSSR count). The summed E-state index contributed by atoms with van der Waals surface area (Å²) in [6.07, 6.45) is 0. The number of benzene rings is 3. The van der Waals surface area contributed by atoms with Crippen molar-refractivity contribution >= 4 is 68.9 Å². The molecule has 1 N–H and O–H groups in total. The van der Waals surface area contributed by atoms with E-state index in [9.17, 15) is 14.7 Å². The number of halogens is 2. The largest absolute Gasteiger partial charge is 0.507 e. The number of aromatic nitrogens is 2. The number of carbonyl (C=O) groups is 2. The summed E-state index contributed by atoms with van der Waals surface area (Å²) in [5.74, 6) is -0.0165. The minimum absolute atomic E-state index is 0.0901. The number of hydrogen-bond acceptors (Lipinski definition) is 10. The second-order valence-corrected chi connectivity index (χ2v) is 12.4. The van der Waals surface area contributed by atoms with Gasteiger partial charge >= 0.3 is 5.91 Å². The molecule has 1 saturated heterocycles. The topological polar surface area (TPSA) is 111 Å². The molecule has 0 aliphatic carbocycles. The first-order valence-electron chi connectivity index (χ1n) is 13.2. The number of aliphatic hydroxyl groups is 1. The Morgan fingerprint density at radius 2 is 1.88 bits per heavy atom. The first-order valence-corrected chi connectivity index (χ1v) is 15.7. The van der Waals surface area contributed by atoms with Crippen LogP contribution in [0.25, 0.3) is 5.76 Å². The molecule has 2 aliphatic heterocycles. The molecule has 0 saturated carbocycles. The van der Waals surface area contributed by atoms with Crippen LogP contribution in [-0.4, -0.2) is 46.8 Å². The molecule has 1 fully saturated rings. The average Bonchev–Trinajstić information content (AvgIpc) is 3.58. The molecular weight excluding hydrogens is 633 g/mol. The zero-order valence-electron chi connectivity index (χ0n) is 22.6. The molecule has 2 aliphatic rings. The quantitative estimate of drug-likeness (QED) is 0.0710. The van der Waals surface area contributed by atoms with E-state index in [1.54, 1.807) is 54.6 Å². The Balaban J connectivity index is 1.39. The minimum Gasteiger partial charge on any atom is -0.507 e. The third-order valence-corrected chi connectivity index (χ3v) is 9.40. The fourth-order valence-electron chi connectivity index (χ4n) is 4.77. The highest BCUT2D eigenvalue weighted by molar-refractivity contribution is 8.00. The van der Waals surface area contributed by atoms with Crippen molar-refractivity contribution in [2.75, 3.05) is 24.7 Å². The van der Waals surface area contributed by atoms with Gasteiger partial charge in [-0.15, -0.1) is 10.2 Å². The predicted molar refractivity (Wildman–Crippen MR) is 166 cm³/mol. The summed E-state index contributed by atoms with van der Waals surface area (Å²) < 4.78 is 17.5. The summed E-state index contributed by atoms with van der Waals surface area (Å²) in [5.41, 5.74) is 1.64. The Bertz CT molecular complexity index is 1760. The number of Topliss-reactive ketones (excluding diaryl/α,β-unsaturated/α-hetero) is 1. The van der Waals surface area contributed by atoms with Crippen molar-refractivity contribution in [2.24, 2.45) is 0 Å². The van der Waals surface area contributed by atoms with Gasteiger partial charge in [0.05, 0.1) is 18.2 Å². The van der Waals surface area contributed by atoms with Crippen molar-refractivity contribution < 1.29 is 28.9 Å². The number of fused-ring (bicyclic) bond motifs is 1. The standard InChI is InChI=1S/C30H23Cl2N3O6S2/c1-2-39-20-5-3-4-16(12-20)25-24(26(36)17-7-9-22-23(13-17)41-11-10-40-22)27(37)28(38)35(25)29-33-34-30(43-29)42-15-18-6-8-19(31)14-21(18)32/h3-9,12-14,25,36H,2,10-11,15H2,1H3/b26-24+/t25-/m1/s1. The van der Waals surface area contributed by atoms with Gasteiger partial charge < -0.3 is 19.3 Å². The third kappa shape index (κ3) is 5.90. The lowest BCUT2D eigenvalue weighted by atomic mass is 9.95. The van der Waals surface area contributed by atoms with Gasteiger partial charge in [-0.05, 0) is 60.5 Å². The van der Waals surface area contributed by atoms with E-state index in [0.717, 1.165) is 16.9 Å². The van der Waals surface area contributed by atoms with Crippen molar-refractivity contribution in [3.8, 4) is 17.2 Å². The van der Waals surface area contributed by atoms with Crippen LogP contribution >= 0.6 is 46.3 Å². The normalized spacial score (nSPS) is 17.4. The van der Waals surface area contributed by atoms with Crippen molar-refractivity contribution in [3.63, 3.8) is 0 Å². The van der Waals surface area contributed by atoms with Gasteiger partial charge in [0.25, 0.3) is 5.78 Å². The number of hydrogen-bond donors (Lipinski definition) is 1. The number of ether oxygens (including phenoxy) is 3. The summed E-state index contributed by atoms with van der Waals surface area (Å²) in [6.45, 7) is 3.05. The maximum Gasteiger partial charge on any atom is 0.301 e.